The molecule has 0 aliphatic rings. The van der Waals surface area contributed by atoms with E-state index < -0.39 is 83.4 Å². The van der Waals surface area contributed by atoms with E-state index in [1.165, 1.54) is 31.2 Å². The van der Waals surface area contributed by atoms with Gasteiger partial charge in [0, 0.05) is 24.0 Å². The van der Waals surface area contributed by atoms with Crippen LogP contribution in [0.3, 0.4) is 0 Å². The number of aliphatic hydroxyl groups is 1. The Morgan fingerprint density at radius 3 is 1.30 bits per heavy atom. The lowest BCUT2D eigenvalue weighted by atomic mass is 9.90. The van der Waals surface area contributed by atoms with Gasteiger partial charge in [-0.2, -0.15) is 52.7 Å². The highest BCUT2D eigenvalue weighted by Crippen LogP contribution is 2.54. The Labute approximate surface area is 414 Å². The van der Waals surface area contributed by atoms with Crippen LogP contribution in [-0.4, -0.2) is 72.3 Å². The van der Waals surface area contributed by atoms with Crippen LogP contribution in [0.15, 0.2) is 146 Å². The number of carbonyl (C=O) groups is 2. The quantitative estimate of drug-likeness (QED) is 0.0569. The molecule has 0 saturated heterocycles. The van der Waals surface area contributed by atoms with Gasteiger partial charge in [0.05, 0.1) is 12.0 Å². The molecule has 74 heavy (non-hydrogen) atoms. The van der Waals surface area contributed by atoms with Gasteiger partial charge < -0.3 is 33.9 Å². The van der Waals surface area contributed by atoms with Crippen LogP contribution in [-0.2, 0) is 40.0 Å². The molecule has 394 valence electrons. The average Bonchev–Trinajstić information content (AvgIpc) is 3.32. The number of carbonyl (C=O) groups excluding carboxylic acids is 1. The summed E-state index contributed by atoms with van der Waals surface area (Å²) in [6, 6.07) is 30.5. The van der Waals surface area contributed by atoms with Crippen LogP contribution in [0.5, 0.6) is 23.0 Å². The summed E-state index contributed by atoms with van der Waals surface area (Å²) in [7, 11) is 0. The number of hydrogen-bond donors (Lipinski definition) is 2. The van der Waals surface area contributed by atoms with E-state index >= 15 is 26.3 Å². The Bertz CT molecular complexity index is 2800. The molecule has 2 atom stereocenters. The van der Waals surface area contributed by atoms with Crippen molar-refractivity contribution in [2.24, 2.45) is 0 Å². The van der Waals surface area contributed by atoms with Crippen molar-refractivity contribution in [3.05, 3.63) is 190 Å². The van der Waals surface area contributed by atoms with Crippen molar-refractivity contribution >= 4 is 11.9 Å². The second-order valence-electron chi connectivity index (χ2n) is 17.0. The van der Waals surface area contributed by atoms with E-state index in [-0.39, 0.29) is 54.2 Å². The molecule has 6 aromatic rings. The van der Waals surface area contributed by atoms with Crippen LogP contribution >= 0.6 is 0 Å². The van der Waals surface area contributed by atoms with Crippen LogP contribution in [0.4, 0.5) is 52.7 Å². The fourth-order valence-corrected chi connectivity index (χ4v) is 7.68. The Kier molecular flexibility index (Phi) is 16.9. The zero-order chi connectivity index (χ0) is 54.3. The van der Waals surface area contributed by atoms with Crippen LogP contribution in [0.1, 0.15) is 49.3 Å². The molecule has 0 fully saturated rings. The molecule has 0 saturated carbocycles. The molecule has 0 aromatic heterocycles. The predicted molar refractivity (Wildman–Crippen MR) is 242 cm³/mol. The lowest BCUT2D eigenvalue weighted by molar-refractivity contribution is -0.376. The van der Waals surface area contributed by atoms with Crippen molar-refractivity contribution in [1.82, 2.24) is 0 Å². The van der Waals surface area contributed by atoms with Gasteiger partial charge in [-0.05, 0) is 102 Å². The first-order valence-electron chi connectivity index (χ1n) is 22.1. The van der Waals surface area contributed by atoms with E-state index in [1.807, 2.05) is 0 Å². The van der Waals surface area contributed by atoms with Crippen molar-refractivity contribution < 1.29 is 96.2 Å². The first-order valence-corrected chi connectivity index (χ1v) is 22.1. The number of carboxylic acid groups (broad SMARTS) is 1. The van der Waals surface area contributed by atoms with Gasteiger partial charge in [0.25, 0.3) is 5.60 Å². The van der Waals surface area contributed by atoms with Gasteiger partial charge in [-0.3, -0.25) is 4.79 Å². The molecular weight excluding hydrogens is 1010 g/mol. The zero-order valence-electron chi connectivity index (χ0n) is 38.8. The monoisotopic (exact) mass is 1050 g/mol. The molecule has 0 aliphatic heterocycles. The van der Waals surface area contributed by atoms with E-state index in [9.17, 15) is 41.0 Å². The molecule has 0 radical (unpaired) electrons. The highest BCUT2D eigenvalue weighted by atomic mass is 19.4. The van der Waals surface area contributed by atoms with Gasteiger partial charge >= 0.3 is 42.2 Å². The number of alkyl halides is 12. The summed E-state index contributed by atoms with van der Waals surface area (Å²) in [6.45, 7) is 1.76. The number of halogens is 12. The fourth-order valence-electron chi connectivity index (χ4n) is 7.68. The molecule has 6 rings (SSSR count). The molecule has 0 spiro atoms. The average molecular weight is 1050 g/mol. The van der Waals surface area contributed by atoms with Gasteiger partial charge in [0.2, 0.25) is 0 Å². The van der Waals surface area contributed by atoms with Gasteiger partial charge in [-0.15, -0.1) is 0 Å². The minimum absolute atomic E-state index is 0.0292. The smallest absolute Gasteiger partial charge is 0.442 e. The molecule has 21 heteroatoms. The summed E-state index contributed by atoms with van der Waals surface area (Å²) in [5.74, 6) is -3.19. The first kappa shape index (κ1) is 55.9. The Balaban J connectivity index is 1.20. The number of benzene rings is 6. The van der Waals surface area contributed by atoms with Gasteiger partial charge in [-0.25, -0.2) is 4.79 Å². The molecule has 0 amide bonds. The van der Waals surface area contributed by atoms with E-state index in [0.29, 0.717) is 41.1 Å². The van der Waals surface area contributed by atoms with Crippen molar-refractivity contribution in [3.63, 3.8) is 0 Å². The number of rotatable bonds is 20. The van der Waals surface area contributed by atoms with Gasteiger partial charge in [0.1, 0.15) is 48.4 Å². The topological polar surface area (TPSA) is 121 Å². The van der Waals surface area contributed by atoms with Gasteiger partial charge in [0.15, 0.2) is 0 Å². The molecular formula is C53H44F12O9. The number of hydrogen-bond acceptors (Lipinski definition) is 8. The van der Waals surface area contributed by atoms with Crippen LogP contribution in [0.2, 0.25) is 0 Å². The summed E-state index contributed by atoms with van der Waals surface area (Å²) < 4.78 is 200. The Hall–Kier alpha value is -7.42. The minimum atomic E-state index is -6.28. The summed E-state index contributed by atoms with van der Waals surface area (Å²) >= 11 is 0. The first-order chi connectivity index (χ1) is 34.6. The van der Waals surface area contributed by atoms with Crippen molar-refractivity contribution in [2.45, 2.75) is 81.2 Å². The molecule has 0 unspecified atom stereocenters. The number of carboxylic acids is 1. The second-order valence-corrected chi connectivity index (χ2v) is 17.0. The summed E-state index contributed by atoms with van der Waals surface area (Å²) in [6.07, 6.45) is -26.8. The van der Waals surface area contributed by atoms with E-state index in [4.69, 9.17) is 24.1 Å². The number of aliphatic carboxylic acids is 1. The normalized spacial score (nSPS) is 13.4. The molecule has 0 bridgehead atoms. The maximum atomic E-state index is 15.0. The Morgan fingerprint density at radius 2 is 0.905 bits per heavy atom. The Morgan fingerprint density at radius 1 is 0.500 bits per heavy atom. The summed E-state index contributed by atoms with van der Waals surface area (Å²) in [4.78, 5) is 24.5. The van der Waals surface area contributed by atoms with E-state index in [0.717, 1.165) is 48.9 Å². The highest BCUT2D eigenvalue weighted by Gasteiger charge is 2.75. The van der Waals surface area contributed by atoms with Crippen LogP contribution in [0, 0.1) is 13.8 Å². The highest BCUT2D eigenvalue weighted by molar-refractivity contribution is 5.90. The minimum Gasteiger partial charge on any atom is -0.490 e. The number of aryl methyl sites for hydroxylation is 2. The fraction of sp³-hybridized carbons (Fsp3) is 0.283. The third-order valence-corrected chi connectivity index (χ3v) is 11.5. The maximum absolute atomic E-state index is 15.0. The zero-order valence-corrected chi connectivity index (χ0v) is 38.8. The van der Waals surface area contributed by atoms with Crippen molar-refractivity contribution in [1.29, 1.82) is 0 Å². The maximum Gasteiger partial charge on any atom is 0.442 e. The lowest BCUT2D eigenvalue weighted by Crippen LogP contribution is -2.57. The van der Waals surface area contributed by atoms with Crippen molar-refractivity contribution in [3.8, 4) is 23.0 Å². The molecule has 6 aromatic carbocycles. The molecule has 2 N–H and O–H groups in total. The largest absolute Gasteiger partial charge is 0.490 e. The predicted octanol–water partition coefficient (Wildman–Crippen LogP) is 12.6. The van der Waals surface area contributed by atoms with E-state index in [1.54, 1.807) is 60.7 Å². The van der Waals surface area contributed by atoms with Crippen LogP contribution in [0.25, 0.3) is 0 Å². The van der Waals surface area contributed by atoms with Crippen molar-refractivity contribution in [2.75, 3.05) is 13.2 Å². The molecule has 9 nitrogen and oxygen atoms in total. The van der Waals surface area contributed by atoms with Gasteiger partial charge in [-0.1, -0.05) is 84.9 Å². The summed E-state index contributed by atoms with van der Waals surface area (Å²) in [5, 5.41) is 18.9. The molecule has 0 aliphatic carbocycles. The number of ether oxygens (including phenoxy) is 5. The SMILES string of the molecule is Cc1cc(C(O)(C(F)(F)F)C(F)(F)F)ccc1O[C@H](COc1ccc(C(=O)OC(c2ccc(O[C@H](COc3ccc(CC(=O)O)cc3)Cc3ccccc3)c(C)c2)(C(F)(F)F)C(F)(F)F)cc1)Cc1ccccc1. The van der Waals surface area contributed by atoms with E-state index in [2.05, 4.69) is 4.74 Å². The molecule has 0 heterocycles. The third kappa shape index (κ3) is 13.0. The lowest BCUT2D eigenvalue weighted by Gasteiger charge is -2.37. The standard InChI is InChI=1S/C53H44F12O9/c1-32-25-38(48(69,50(54,55)56)51(57,58)59)17-23-44(32)72-43(28-35-11-7-4-8-12-35)31-71-41-21-15-37(16-22-41)47(68)74-49(52(60,61)62,53(63,64)65)39-18-24-45(33(2)26-39)73-42(27-34-9-5-3-6-10-34)30-70-40-19-13-36(14-20-40)29-46(66)67/h3-26,42-43,69H,27-31H2,1-2H3,(H,66,67)/t42-,43-/m0/s1. The second kappa shape index (κ2) is 22.4. The summed E-state index contributed by atoms with van der Waals surface area (Å²) in [5.41, 5.74) is -12.8. The third-order valence-electron chi connectivity index (χ3n) is 11.5. The number of esters is 1. The van der Waals surface area contributed by atoms with Crippen LogP contribution < -0.4 is 18.9 Å².